The molecule has 37 heavy (non-hydrogen) atoms. The van der Waals surface area contributed by atoms with E-state index >= 15 is 0 Å². The van der Waals surface area contributed by atoms with Crippen LogP contribution in [-0.2, 0) is 4.74 Å². The lowest BCUT2D eigenvalue weighted by atomic mass is 10.1. The van der Waals surface area contributed by atoms with Gasteiger partial charge in [0.15, 0.2) is 0 Å². The summed E-state index contributed by atoms with van der Waals surface area (Å²) in [6.07, 6.45) is 23.5. The van der Waals surface area contributed by atoms with E-state index in [4.69, 9.17) is 4.74 Å². The summed E-state index contributed by atoms with van der Waals surface area (Å²) in [4.78, 5) is 0. The minimum absolute atomic E-state index is 0.231. The molecule has 0 fully saturated rings. The highest BCUT2D eigenvalue weighted by atomic mass is 16.5. The summed E-state index contributed by atoms with van der Waals surface area (Å²) < 4.78 is 5.80. The van der Waals surface area contributed by atoms with E-state index in [1.165, 1.54) is 17.6 Å². The first kappa shape index (κ1) is 33.1. The third-order valence-corrected chi connectivity index (χ3v) is 5.00. The Kier molecular flexibility index (Phi) is 20.1. The van der Waals surface area contributed by atoms with E-state index in [0.29, 0.717) is 13.0 Å². The minimum atomic E-state index is 0.231. The van der Waals surface area contributed by atoms with E-state index in [9.17, 15) is 0 Å². The largest absolute Gasteiger partial charge is 0.489 e. The Morgan fingerprint density at radius 2 is 1.95 bits per heavy atom. The average Bonchev–Trinajstić information content (AvgIpc) is 3.17. The zero-order chi connectivity index (χ0) is 27.7. The number of rotatable bonds is 13. The van der Waals surface area contributed by atoms with Gasteiger partial charge in [-0.3, -0.25) is 0 Å². The predicted molar refractivity (Wildman–Crippen MR) is 165 cm³/mol. The molecule has 2 rings (SSSR count). The molecule has 1 atom stereocenters. The van der Waals surface area contributed by atoms with Gasteiger partial charge in [-0.2, -0.15) is 0 Å². The number of nitrogens with one attached hydrogen (secondary N) is 2. The van der Waals surface area contributed by atoms with E-state index in [1.54, 1.807) is 6.08 Å². The summed E-state index contributed by atoms with van der Waals surface area (Å²) in [6, 6.07) is 8.42. The van der Waals surface area contributed by atoms with Gasteiger partial charge in [0.25, 0.3) is 0 Å². The Balaban J connectivity index is 0.000000977. The van der Waals surface area contributed by atoms with Gasteiger partial charge in [0.2, 0.25) is 0 Å². The molecule has 0 saturated heterocycles. The molecule has 0 saturated carbocycles. The van der Waals surface area contributed by atoms with Crippen LogP contribution in [0.25, 0.3) is 0 Å². The Labute approximate surface area is 226 Å². The Morgan fingerprint density at radius 1 is 1.16 bits per heavy atom. The van der Waals surface area contributed by atoms with Crippen LogP contribution in [-0.4, -0.2) is 12.6 Å². The lowest BCUT2D eigenvalue weighted by molar-refractivity contribution is 0.196. The van der Waals surface area contributed by atoms with Crippen molar-refractivity contribution in [2.75, 3.05) is 11.9 Å². The van der Waals surface area contributed by atoms with Crippen molar-refractivity contribution in [1.29, 1.82) is 0 Å². The molecule has 0 aromatic heterocycles. The van der Waals surface area contributed by atoms with Gasteiger partial charge in [0, 0.05) is 24.6 Å². The summed E-state index contributed by atoms with van der Waals surface area (Å²) in [5.74, 6) is 1.55. The van der Waals surface area contributed by atoms with E-state index in [0.717, 1.165) is 30.1 Å². The van der Waals surface area contributed by atoms with E-state index < -0.39 is 0 Å². The van der Waals surface area contributed by atoms with Crippen LogP contribution in [0.1, 0.15) is 45.1 Å². The fourth-order valence-electron chi connectivity index (χ4n) is 3.11. The molecule has 198 valence electrons. The Morgan fingerprint density at radius 3 is 2.62 bits per heavy atom. The second-order valence-electron chi connectivity index (χ2n) is 8.20. The maximum absolute atomic E-state index is 5.80. The minimum Gasteiger partial charge on any atom is -0.489 e. The zero-order valence-corrected chi connectivity index (χ0v) is 23.1. The predicted octanol–water partition coefficient (Wildman–Crippen LogP) is 9.26. The van der Waals surface area contributed by atoms with Crippen LogP contribution in [0.5, 0.6) is 0 Å². The van der Waals surface area contributed by atoms with Gasteiger partial charge >= 0.3 is 0 Å². The molecule has 1 aromatic carbocycles. The van der Waals surface area contributed by atoms with Crippen LogP contribution in [0.15, 0.2) is 141 Å². The monoisotopic (exact) mass is 498 g/mol. The van der Waals surface area contributed by atoms with Crippen molar-refractivity contribution in [3.8, 4) is 0 Å². The third-order valence-electron chi connectivity index (χ3n) is 5.00. The first-order valence-electron chi connectivity index (χ1n) is 12.8. The highest BCUT2D eigenvalue weighted by Crippen LogP contribution is 2.12. The molecule has 0 radical (unpaired) electrons. The molecule has 1 aliphatic rings. The molecule has 1 aliphatic carbocycles. The molecule has 2 N–H and O–H groups in total. The SMILES string of the molecule is C=C.C=C/C=C\C=C=C(CC=C)OCCC(C)NC(=C)Nc1cccc(C)c1.CCC1=CC=CC=CC1. The van der Waals surface area contributed by atoms with Crippen LogP contribution in [0, 0.1) is 6.92 Å². The molecular weight excluding hydrogens is 452 g/mol. The molecule has 3 heteroatoms. The first-order chi connectivity index (χ1) is 18.0. The van der Waals surface area contributed by atoms with Crippen molar-refractivity contribution < 1.29 is 4.74 Å². The number of hydrogen-bond donors (Lipinski definition) is 2. The van der Waals surface area contributed by atoms with Crippen molar-refractivity contribution in [3.05, 3.63) is 146 Å². The summed E-state index contributed by atoms with van der Waals surface area (Å²) >= 11 is 0. The lowest BCUT2D eigenvalue weighted by Gasteiger charge is -2.19. The molecule has 0 aliphatic heterocycles. The van der Waals surface area contributed by atoms with Gasteiger partial charge < -0.3 is 15.4 Å². The Bertz CT molecular complexity index is 1000. The van der Waals surface area contributed by atoms with Crippen LogP contribution in [0.2, 0.25) is 0 Å². The van der Waals surface area contributed by atoms with Crippen LogP contribution >= 0.6 is 0 Å². The number of allylic oxidation sites excluding steroid dienone is 10. The van der Waals surface area contributed by atoms with Gasteiger partial charge in [0.05, 0.1) is 12.4 Å². The van der Waals surface area contributed by atoms with E-state index in [-0.39, 0.29) is 6.04 Å². The quantitative estimate of drug-likeness (QED) is 0.123. The molecule has 0 heterocycles. The summed E-state index contributed by atoms with van der Waals surface area (Å²) in [7, 11) is 0. The third kappa shape index (κ3) is 18.1. The van der Waals surface area contributed by atoms with Crippen molar-refractivity contribution in [3.63, 3.8) is 0 Å². The number of hydrogen-bond acceptors (Lipinski definition) is 3. The van der Waals surface area contributed by atoms with Gasteiger partial charge in [-0.05, 0) is 50.5 Å². The average molecular weight is 499 g/mol. The maximum atomic E-state index is 5.80. The van der Waals surface area contributed by atoms with Crippen LogP contribution in [0.3, 0.4) is 0 Å². The summed E-state index contributed by atoms with van der Waals surface area (Å²) in [5.41, 5.74) is 6.87. The molecule has 0 spiro atoms. The second kappa shape index (κ2) is 22.5. The summed E-state index contributed by atoms with van der Waals surface area (Å²) in [6.45, 7) is 24.4. The van der Waals surface area contributed by atoms with Gasteiger partial charge in [-0.25, -0.2) is 0 Å². The van der Waals surface area contributed by atoms with Crippen molar-refractivity contribution >= 4 is 5.69 Å². The van der Waals surface area contributed by atoms with Crippen LogP contribution in [0.4, 0.5) is 5.69 Å². The zero-order valence-electron chi connectivity index (χ0n) is 23.1. The first-order valence-corrected chi connectivity index (χ1v) is 12.8. The fraction of sp³-hybridized carbons (Fsp3) is 0.265. The highest BCUT2D eigenvalue weighted by Gasteiger charge is 2.04. The smallest absolute Gasteiger partial charge is 0.142 e. The molecule has 1 unspecified atom stereocenters. The summed E-state index contributed by atoms with van der Waals surface area (Å²) in [5, 5.41) is 6.62. The molecule has 0 amide bonds. The number of aryl methyl sites for hydroxylation is 1. The Hall–Kier alpha value is -3.94. The van der Waals surface area contributed by atoms with Gasteiger partial charge in [-0.15, -0.1) is 19.7 Å². The molecule has 3 nitrogen and oxygen atoms in total. The van der Waals surface area contributed by atoms with Gasteiger partial charge in [0.1, 0.15) is 5.76 Å². The normalized spacial score (nSPS) is 12.1. The van der Waals surface area contributed by atoms with Crippen LogP contribution < -0.4 is 10.6 Å². The van der Waals surface area contributed by atoms with E-state index in [2.05, 4.69) is 113 Å². The van der Waals surface area contributed by atoms with Crippen molar-refractivity contribution in [1.82, 2.24) is 5.32 Å². The molecule has 0 bridgehead atoms. The fourth-order valence-corrected chi connectivity index (χ4v) is 3.11. The maximum Gasteiger partial charge on any atom is 0.142 e. The molecule has 1 aromatic rings. The highest BCUT2D eigenvalue weighted by molar-refractivity contribution is 5.49. The second-order valence-corrected chi connectivity index (χ2v) is 8.20. The number of anilines is 1. The van der Waals surface area contributed by atoms with Crippen molar-refractivity contribution in [2.45, 2.75) is 52.5 Å². The molecular formula is C34H46N2O. The number of ether oxygens (including phenoxy) is 1. The van der Waals surface area contributed by atoms with Crippen molar-refractivity contribution in [2.24, 2.45) is 0 Å². The van der Waals surface area contributed by atoms with E-state index in [1.807, 2.05) is 36.4 Å². The number of benzene rings is 1. The lowest BCUT2D eigenvalue weighted by Crippen LogP contribution is -2.29. The topological polar surface area (TPSA) is 33.3 Å². The standard InChI is InChI=1S/C23H30N2O.C9H12.C2H4/c1-6-8-9-10-15-23(12-7-2)26-17-16-20(4)24-21(5)25-22-14-11-13-19(3)18-22;1-2-9-7-5-3-4-6-8-9;1-2/h6-11,13-14,18,20,24-25H,1-2,5,12,16-17H2,3-4H3;3-7H,2,8H2,1H3;1-2H2/b9-8-;;. The van der Waals surface area contributed by atoms with Gasteiger partial charge in [-0.1, -0.05) is 98.2 Å².